The first kappa shape index (κ1) is 14.6. The summed E-state index contributed by atoms with van der Waals surface area (Å²) < 4.78 is 0. The van der Waals surface area contributed by atoms with Crippen LogP contribution in [0.3, 0.4) is 0 Å². The molecule has 106 valence electrons. The van der Waals surface area contributed by atoms with Crippen molar-refractivity contribution < 1.29 is 15.3 Å². The van der Waals surface area contributed by atoms with Crippen LogP contribution in [0.5, 0.6) is 0 Å². The Kier molecular flexibility index (Phi) is 3.85. The lowest BCUT2D eigenvalue weighted by Gasteiger charge is -2.25. The van der Waals surface area contributed by atoms with Crippen LogP contribution in [-0.4, -0.2) is 40.6 Å². The third kappa shape index (κ3) is 3.39. The van der Waals surface area contributed by atoms with E-state index in [9.17, 15) is 15.3 Å². The van der Waals surface area contributed by atoms with Crippen LogP contribution in [0.15, 0.2) is 23.1 Å². The fourth-order valence-corrected chi connectivity index (χ4v) is 2.79. The van der Waals surface area contributed by atoms with E-state index in [2.05, 4.69) is 41.1 Å². The predicted octanol–water partition coefficient (Wildman–Crippen LogP) is 1.82. The summed E-state index contributed by atoms with van der Waals surface area (Å²) in [5, 5.41) is 29.1. The van der Waals surface area contributed by atoms with Gasteiger partial charge in [0.15, 0.2) is 5.13 Å². The molecule has 1 aromatic heterocycles. The number of aliphatic imine (C=N–C) groups is 1. The molecule has 0 spiro atoms. The second kappa shape index (κ2) is 5.28. The van der Waals surface area contributed by atoms with Crippen molar-refractivity contribution in [1.82, 2.24) is 4.98 Å². The van der Waals surface area contributed by atoms with Crippen molar-refractivity contribution in [3.8, 4) is 11.5 Å². The first-order valence-electron chi connectivity index (χ1n) is 5.90. The summed E-state index contributed by atoms with van der Waals surface area (Å²) in [4.78, 5) is 9.52. The van der Waals surface area contributed by atoms with E-state index in [1.54, 1.807) is 6.20 Å². The highest BCUT2D eigenvalue weighted by Gasteiger charge is 2.26. The first-order valence-corrected chi connectivity index (χ1v) is 10.2. The number of hydrogen-bond donors (Lipinski definition) is 3. The number of aliphatic hydroxyl groups excluding tert-OH is 3. The summed E-state index contributed by atoms with van der Waals surface area (Å²) in [6.07, 6.45) is 1.23. The van der Waals surface area contributed by atoms with E-state index in [1.807, 2.05) is 0 Å². The van der Waals surface area contributed by atoms with E-state index in [4.69, 9.17) is 0 Å². The largest absolute Gasteiger partial charge is 0.494 e. The van der Waals surface area contributed by atoms with Gasteiger partial charge in [-0.2, -0.15) is 4.99 Å². The molecule has 0 radical (unpaired) electrons. The van der Waals surface area contributed by atoms with Gasteiger partial charge < -0.3 is 15.3 Å². The minimum atomic E-state index is -1.47. The number of hydrogen-bond acceptors (Lipinski definition) is 6. The van der Waals surface area contributed by atoms with Gasteiger partial charge in [-0.25, -0.2) is 9.88 Å². The second-order valence-corrected chi connectivity index (χ2v) is 11.0. The third-order valence-electron chi connectivity index (χ3n) is 2.24. The van der Waals surface area contributed by atoms with Crippen LogP contribution in [0.25, 0.3) is 0 Å². The van der Waals surface area contributed by atoms with E-state index >= 15 is 0 Å². The van der Waals surface area contributed by atoms with E-state index in [0.717, 1.165) is 15.9 Å². The van der Waals surface area contributed by atoms with Gasteiger partial charge in [-0.1, -0.05) is 36.9 Å². The van der Waals surface area contributed by atoms with Crippen molar-refractivity contribution >= 4 is 30.4 Å². The Morgan fingerprint density at radius 1 is 1.35 bits per heavy atom. The number of nitrogens with zero attached hydrogens (tertiary/aromatic N) is 3. The van der Waals surface area contributed by atoms with Gasteiger partial charge in [0.2, 0.25) is 18.1 Å². The molecule has 1 atom stereocenters. The van der Waals surface area contributed by atoms with Gasteiger partial charge in [-0.3, -0.25) is 0 Å². The standard InChI is InChI=1S/C12H15N3O3SSi/c1-20(2,3)5-4-8-7-13-12(19-8)15-10(17)6-9(16)14-11(15)18/h6-7,11,17-18H,1-3H3,(H,14,16). The molecule has 8 heteroatoms. The molecule has 2 rings (SSSR count). The van der Waals surface area contributed by atoms with E-state index in [0.29, 0.717) is 5.13 Å². The fourth-order valence-electron chi connectivity index (χ4n) is 1.40. The van der Waals surface area contributed by atoms with Gasteiger partial charge in [0.25, 0.3) is 0 Å². The number of rotatable bonds is 1. The Labute approximate surface area is 121 Å². The van der Waals surface area contributed by atoms with Gasteiger partial charge >= 0.3 is 0 Å². The monoisotopic (exact) mass is 309 g/mol. The first-order chi connectivity index (χ1) is 9.26. The average Bonchev–Trinajstić information content (AvgIpc) is 2.72. The Bertz CT molecular complexity index is 636. The zero-order valence-corrected chi connectivity index (χ0v) is 13.1. The smallest absolute Gasteiger partial charge is 0.237 e. The summed E-state index contributed by atoms with van der Waals surface area (Å²) in [5.74, 6) is 2.31. The Morgan fingerprint density at radius 3 is 2.65 bits per heavy atom. The molecule has 6 nitrogen and oxygen atoms in total. The molecule has 2 heterocycles. The molecule has 1 aromatic rings. The maximum absolute atomic E-state index is 9.76. The van der Waals surface area contributed by atoms with Crippen LogP contribution in [0, 0.1) is 11.5 Å². The molecule has 0 saturated heterocycles. The summed E-state index contributed by atoms with van der Waals surface area (Å²) in [6.45, 7) is 6.42. The summed E-state index contributed by atoms with van der Waals surface area (Å²) >= 11 is 1.24. The molecule has 0 fully saturated rings. The van der Waals surface area contributed by atoms with E-state index in [1.165, 1.54) is 11.3 Å². The lowest BCUT2D eigenvalue weighted by molar-refractivity contribution is 0.163. The van der Waals surface area contributed by atoms with Crippen molar-refractivity contribution in [1.29, 1.82) is 0 Å². The zero-order chi connectivity index (χ0) is 14.9. The fraction of sp³-hybridized carbons (Fsp3) is 0.333. The SMILES string of the molecule is C[Si](C)(C)C#Cc1cnc(N2C(O)=CC(O)=NC2O)s1. The van der Waals surface area contributed by atoms with Crippen molar-refractivity contribution in [2.24, 2.45) is 4.99 Å². The number of aromatic nitrogens is 1. The number of aliphatic hydroxyl groups is 3. The molecule has 0 amide bonds. The predicted molar refractivity (Wildman–Crippen MR) is 81.6 cm³/mol. The highest BCUT2D eigenvalue weighted by atomic mass is 32.1. The highest BCUT2D eigenvalue weighted by Crippen LogP contribution is 2.27. The quantitative estimate of drug-likeness (QED) is 0.544. The van der Waals surface area contributed by atoms with Gasteiger partial charge in [-0.05, 0) is 0 Å². The zero-order valence-electron chi connectivity index (χ0n) is 11.3. The van der Waals surface area contributed by atoms with Gasteiger partial charge in [0.05, 0.1) is 17.2 Å². The molecule has 0 bridgehead atoms. The normalized spacial score (nSPS) is 19.0. The van der Waals surface area contributed by atoms with Crippen LogP contribution in [0.2, 0.25) is 19.6 Å². The third-order valence-corrected chi connectivity index (χ3v) is 4.03. The minimum Gasteiger partial charge on any atom is -0.494 e. The van der Waals surface area contributed by atoms with Crippen molar-refractivity contribution in [2.75, 3.05) is 4.90 Å². The van der Waals surface area contributed by atoms with Crippen molar-refractivity contribution in [2.45, 2.75) is 26.0 Å². The molecular formula is C12H15N3O3SSi. The Morgan fingerprint density at radius 2 is 2.05 bits per heavy atom. The molecule has 0 saturated carbocycles. The molecule has 0 aromatic carbocycles. The van der Waals surface area contributed by atoms with Gasteiger partial charge in [-0.15, -0.1) is 5.54 Å². The second-order valence-electron chi connectivity index (χ2n) is 5.21. The molecule has 0 aliphatic carbocycles. The number of anilines is 1. The van der Waals surface area contributed by atoms with E-state index < -0.39 is 20.3 Å². The van der Waals surface area contributed by atoms with Gasteiger partial charge in [0, 0.05) is 0 Å². The number of thiazole rings is 1. The molecule has 1 aliphatic heterocycles. The summed E-state index contributed by atoms with van der Waals surface area (Å²) in [6, 6.07) is 0. The van der Waals surface area contributed by atoms with Crippen LogP contribution in [0.4, 0.5) is 5.13 Å². The highest BCUT2D eigenvalue weighted by molar-refractivity contribution is 7.16. The van der Waals surface area contributed by atoms with E-state index in [-0.39, 0.29) is 5.88 Å². The van der Waals surface area contributed by atoms with Crippen LogP contribution in [-0.2, 0) is 0 Å². The van der Waals surface area contributed by atoms with Crippen molar-refractivity contribution in [3.05, 3.63) is 23.0 Å². The maximum atomic E-state index is 9.76. The molecular weight excluding hydrogens is 294 g/mol. The average molecular weight is 309 g/mol. The van der Waals surface area contributed by atoms with Crippen molar-refractivity contribution in [3.63, 3.8) is 0 Å². The molecule has 1 unspecified atom stereocenters. The lowest BCUT2D eigenvalue weighted by Crippen LogP contribution is -2.36. The maximum Gasteiger partial charge on any atom is 0.237 e. The Hall–Kier alpha value is -1.82. The molecule has 1 aliphatic rings. The summed E-state index contributed by atoms with van der Waals surface area (Å²) in [5.41, 5.74) is 3.22. The summed E-state index contributed by atoms with van der Waals surface area (Å²) in [7, 11) is -1.47. The van der Waals surface area contributed by atoms with Crippen LogP contribution >= 0.6 is 11.3 Å². The minimum absolute atomic E-state index is 0.316. The molecule has 3 N–H and O–H groups in total. The Balaban J connectivity index is 2.25. The molecule has 20 heavy (non-hydrogen) atoms. The van der Waals surface area contributed by atoms with Crippen LogP contribution < -0.4 is 4.90 Å². The van der Waals surface area contributed by atoms with Gasteiger partial charge in [0.1, 0.15) is 8.07 Å². The topological polar surface area (TPSA) is 89.2 Å². The lowest BCUT2D eigenvalue weighted by atomic mass is 10.4. The van der Waals surface area contributed by atoms with Crippen LogP contribution in [0.1, 0.15) is 4.88 Å².